The van der Waals surface area contributed by atoms with Gasteiger partial charge in [-0.2, -0.15) is 0 Å². The van der Waals surface area contributed by atoms with Crippen molar-refractivity contribution in [2.24, 2.45) is 0 Å². The Bertz CT molecular complexity index is 1030. The van der Waals surface area contributed by atoms with E-state index in [2.05, 4.69) is 4.90 Å². The standard InChI is InChI=1S/C24H30N4O6/c1-3-4-5-19(24(33)34)27-12-10-26(11-13-27)15-6-7-16-17(14-15)22(31)28(21(16)30)18-8-9-20(29)25(2)23(18)32/h6-7,14,18-19H,3-5,8-13H2,1-2H3,(H,33,34). The van der Waals surface area contributed by atoms with Gasteiger partial charge >= 0.3 is 5.97 Å². The van der Waals surface area contributed by atoms with Crippen molar-refractivity contribution in [2.45, 2.75) is 51.1 Å². The predicted octanol–water partition coefficient (Wildman–Crippen LogP) is 1.20. The number of likely N-dealkylation sites (N-methyl/N-ethyl adjacent to an activating group) is 1. The number of carbonyl (C=O) groups excluding carboxylic acids is 4. The van der Waals surface area contributed by atoms with Gasteiger partial charge in [0.2, 0.25) is 5.91 Å². The van der Waals surface area contributed by atoms with Gasteiger partial charge in [-0.05, 0) is 31.0 Å². The number of hydrogen-bond acceptors (Lipinski definition) is 7. The molecule has 1 aromatic carbocycles. The number of benzene rings is 1. The van der Waals surface area contributed by atoms with Crippen LogP contribution in [0.15, 0.2) is 18.2 Å². The summed E-state index contributed by atoms with van der Waals surface area (Å²) in [7, 11) is 1.36. The zero-order valence-electron chi connectivity index (χ0n) is 19.5. The van der Waals surface area contributed by atoms with Crippen LogP contribution < -0.4 is 4.90 Å². The van der Waals surface area contributed by atoms with E-state index in [1.807, 2.05) is 11.8 Å². The number of likely N-dealkylation sites (tertiary alicyclic amines) is 1. The fourth-order valence-electron chi connectivity index (χ4n) is 5.02. The second-order valence-electron chi connectivity index (χ2n) is 9.07. The molecule has 4 rings (SSSR count). The molecular weight excluding hydrogens is 440 g/mol. The Morgan fingerprint density at radius 3 is 2.38 bits per heavy atom. The molecule has 2 fully saturated rings. The molecule has 0 aromatic heterocycles. The SMILES string of the molecule is CCCCC(C(=O)O)N1CCN(c2ccc3c(c2)C(=O)N(C2CCC(=O)N(C)C2=O)C3=O)CC1. The number of fused-ring (bicyclic) bond motifs is 1. The first-order chi connectivity index (χ1) is 16.2. The highest BCUT2D eigenvalue weighted by Gasteiger charge is 2.46. The lowest BCUT2D eigenvalue weighted by Crippen LogP contribution is -2.54. The van der Waals surface area contributed by atoms with E-state index in [0.717, 1.165) is 28.3 Å². The fraction of sp³-hybridized carbons (Fsp3) is 0.542. The third-order valence-corrected chi connectivity index (χ3v) is 7.07. The normalized spacial score (nSPS) is 22.4. The molecule has 0 spiro atoms. The Kier molecular flexibility index (Phi) is 6.70. The van der Waals surface area contributed by atoms with Crippen molar-refractivity contribution in [2.75, 3.05) is 38.1 Å². The van der Waals surface area contributed by atoms with Crippen molar-refractivity contribution in [3.8, 4) is 0 Å². The van der Waals surface area contributed by atoms with Crippen LogP contribution in [0.25, 0.3) is 0 Å². The summed E-state index contributed by atoms with van der Waals surface area (Å²) in [6, 6.07) is 3.61. The number of amides is 4. The van der Waals surface area contributed by atoms with Crippen molar-refractivity contribution < 1.29 is 29.1 Å². The summed E-state index contributed by atoms with van der Waals surface area (Å²) in [4.78, 5) is 68.2. The van der Waals surface area contributed by atoms with Crippen molar-refractivity contribution in [1.29, 1.82) is 0 Å². The molecule has 3 aliphatic rings. The van der Waals surface area contributed by atoms with Crippen LogP contribution in [0.3, 0.4) is 0 Å². The Balaban J connectivity index is 1.47. The number of anilines is 1. The van der Waals surface area contributed by atoms with Gasteiger partial charge in [0.1, 0.15) is 12.1 Å². The molecule has 2 atom stereocenters. The molecule has 34 heavy (non-hydrogen) atoms. The van der Waals surface area contributed by atoms with Gasteiger partial charge in [0.25, 0.3) is 17.7 Å². The quantitative estimate of drug-likeness (QED) is 0.591. The highest BCUT2D eigenvalue weighted by Crippen LogP contribution is 2.32. The smallest absolute Gasteiger partial charge is 0.320 e. The van der Waals surface area contributed by atoms with Crippen molar-refractivity contribution in [1.82, 2.24) is 14.7 Å². The van der Waals surface area contributed by atoms with Crippen molar-refractivity contribution in [3.05, 3.63) is 29.3 Å². The van der Waals surface area contributed by atoms with Crippen LogP contribution in [0.4, 0.5) is 5.69 Å². The molecule has 10 heteroatoms. The van der Waals surface area contributed by atoms with Gasteiger partial charge in [0.15, 0.2) is 0 Å². The molecule has 3 heterocycles. The predicted molar refractivity (Wildman–Crippen MR) is 122 cm³/mol. The summed E-state index contributed by atoms with van der Waals surface area (Å²) in [5, 5.41) is 9.60. The lowest BCUT2D eigenvalue weighted by Gasteiger charge is -2.39. The molecule has 4 amide bonds. The maximum absolute atomic E-state index is 13.1. The fourth-order valence-corrected chi connectivity index (χ4v) is 5.02. The largest absolute Gasteiger partial charge is 0.480 e. The first-order valence-corrected chi connectivity index (χ1v) is 11.8. The molecule has 10 nitrogen and oxygen atoms in total. The van der Waals surface area contributed by atoms with Gasteiger partial charge in [-0.1, -0.05) is 19.8 Å². The van der Waals surface area contributed by atoms with E-state index < -0.39 is 35.8 Å². The van der Waals surface area contributed by atoms with E-state index >= 15 is 0 Å². The number of carboxylic acids is 1. The zero-order chi connectivity index (χ0) is 24.6. The van der Waals surface area contributed by atoms with Crippen molar-refractivity contribution >= 4 is 35.3 Å². The van der Waals surface area contributed by atoms with Gasteiger partial charge in [0.05, 0.1) is 11.1 Å². The third-order valence-electron chi connectivity index (χ3n) is 7.07. The average molecular weight is 471 g/mol. The van der Waals surface area contributed by atoms with E-state index in [1.165, 1.54) is 7.05 Å². The summed E-state index contributed by atoms with van der Waals surface area (Å²) < 4.78 is 0. The monoisotopic (exact) mass is 470 g/mol. The number of piperidine rings is 1. The number of hydrogen-bond donors (Lipinski definition) is 1. The van der Waals surface area contributed by atoms with Gasteiger partial charge in [0, 0.05) is 45.3 Å². The molecular formula is C24H30N4O6. The van der Waals surface area contributed by atoms with Crippen LogP contribution in [-0.4, -0.2) is 94.7 Å². The Morgan fingerprint density at radius 1 is 1.06 bits per heavy atom. The number of unbranched alkanes of at least 4 members (excludes halogenated alkanes) is 1. The topological polar surface area (TPSA) is 119 Å². The maximum Gasteiger partial charge on any atom is 0.320 e. The molecule has 0 saturated carbocycles. The number of piperazine rings is 1. The highest BCUT2D eigenvalue weighted by atomic mass is 16.4. The lowest BCUT2D eigenvalue weighted by molar-refractivity contribution is -0.149. The second-order valence-corrected chi connectivity index (χ2v) is 9.07. The minimum absolute atomic E-state index is 0.103. The summed E-state index contributed by atoms with van der Waals surface area (Å²) >= 11 is 0. The summed E-state index contributed by atoms with van der Waals surface area (Å²) in [5.74, 6) is -2.70. The van der Waals surface area contributed by atoms with Gasteiger partial charge in [-0.25, -0.2) is 0 Å². The van der Waals surface area contributed by atoms with Crippen LogP contribution in [0.5, 0.6) is 0 Å². The van der Waals surface area contributed by atoms with Crippen LogP contribution in [0, 0.1) is 0 Å². The summed E-state index contributed by atoms with van der Waals surface area (Å²) in [6.07, 6.45) is 2.66. The van der Waals surface area contributed by atoms with Crippen LogP contribution >= 0.6 is 0 Å². The second kappa shape index (κ2) is 9.54. The number of carbonyl (C=O) groups is 5. The Morgan fingerprint density at radius 2 is 1.74 bits per heavy atom. The number of nitrogens with zero attached hydrogens (tertiary/aromatic N) is 4. The molecule has 2 unspecified atom stereocenters. The minimum atomic E-state index is -0.974. The van der Waals surface area contributed by atoms with Crippen LogP contribution in [0.1, 0.15) is 59.7 Å². The lowest BCUT2D eigenvalue weighted by atomic mass is 10.0. The highest BCUT2D eigenvalue weighted by molar-refractivity contribution is 6.23. The number of imide groups is 2. The minimum Gasteiger partial charge on any atom is -0.480 e. The van der Waals surface area contributed by atoms with Gasteiger partial charge in [-0.15, -0.1) is 0 Å². The van der Waals surface area contributed by atoms with Crippen LogP contribution in [0.2, 0.25) is 0 Å². The molecule has 0 bridgehead atoms. The van der Waals surface area contributed by atoms with Gasteiger partial charge in [-0.3, -0.25) is 38.7 Å². The molecule has 0 radical (unpaired) electrons. The summed E-state index contributed by atoms with van der Waals surface area (Å²) in [6.45, 7) is 4.43. The van der Waals surface area contributed by atoms with Crippen LogP contribution in [-0.2, 0) is 14.4 Å². The first kappa shape index (κ1) is 23.9. The maximum atomic E-state index is 13.1. The molecule has 3 aliphatic heterocycles. The van der Waals surface area contributed by atoms with Crippen molar-refractivity contribution in [3.63, 3.8) is 0 Å². The number of aliphatic carboxylic acids is 1. The average Bonchev–Trinajstić information content (AvgIpc) is 3.07. The van der Waals surface area contributed by atoms with E-state index in [9.17, 15) is 29.1 Å². The molecule has 1 N–H and O–H groups in total. The van der Waals surface area contributed by atoms with E-state index in [0.29, 0.717) is 32.6 Å². The zero-order valence-corrected chi connectivity index (χ0v) is 19.5. The van der Waals surface area contributed by atoms with Gasteiger partial charge < -0.3 is 10.0 Å². The number of carboxylic acid groups (broad SMARTS) is 1. The van der Waals surface area contributed by atoms with E-state index in [-0.39, 0.29) is 29.9 Å². The first-order valence-electron chi connectivity index (χ1n) is 11.8. The van der Waals surface area contributed by atoms with E-state index in [4.69, 9.17) is 0 Å². The number of rotatable bonds is 7. The molecule has 0 aliphatic carbocycles. The Labute approximate surface area is 198 Å². The molecule has 2 saturated heterocycles. The Hall–Kier alpha value is -3.27. The summed E-state index contributed by atoms with van der Waals surface area (Å²) in [5.41, 5.74) is 1.29. The third kappa shape index (κ3) is 4.18. The van der Waals surface area contributed by atoms with E-state index in [1.54, 1.807) is 18.2 Å². The molecule has 1 aromatic rings. The molecule has 182 valence electrons.